The van der Waals surface area contributed by atoms with Crippen LogP contribution in [0.25, 0.3) is 0 Å². The Kier molecular flexibility index (Phi) is 3.25. The van der Waals surface area contributed by atoms with Gasteiger partial charge in [-0.3, -0.25) is 4.79 Å². The SMILES string of the molecule is CCNC(=O)c1ccc(Cl)nc1C. The summed E-state index contributed by atoms with van der Waals surface area (Å²) in [6, 6.07) is 3.29. The highest BCUT2D eigenvalue weighted by molar-refractivity contribution is 6.29. The third kappa shape index (κ3) is 2.42. The minimum absolute atomic E-state index is 0.107. The van der Waals surface area contributed by atoms with Gasteiger partial charge in [0.25, 0.3) is 5.91 Å². The van der Waals surface area contributed by atoms with Crippen molar-refractivity contribution in [1.29, 1.82) is 0 Å². The van der Waals surface area contributed by atoms with Crippen molar-refractivity contribution >= 4 is 17.5 Å². The maximum atomic E-state index is 11.4. The molecule has 0 unspecified atom stereocenters. The number of aryl methyl sites for hydroxylation is 1. The minimum Gasteiger partial charge on any atom is -0.352 e. The molecule has 1 amide bonds. The molecular formula is C9H11ClN2O. The molecule has 1 heterocycles. The first-order valence-electron chi connectivity index (χ1n) is 4.06. The van der Waals surface area contributed by atoms with E-state index in [9.17, 15) is 4.79 Å². The van der Waals surface area contributed by atoms with Gasteiger partial charge in [0.05, 0.1) is 11.3 Å². The van der Waals surface area contributed by atoms with E-state index in [1.165, 1.54) is 0 Å². The first-order valence-corrected chi connectivity index (χ1v) is 4.44. The van der Waals surface area contributed by atoms with Gasteiger partial charge in [-0.25, -0.2) is 4.98 Å². The zero-order valence-electron chi connectivity index (χ0n) is 7.60. The Morgan fingerprint density at radius 2 is 2.31 bits per heavy atom. The Labute approximate surface area is 82.1 Å². The summed E-state index contributed by atoms with van der Waals surface area (Å²) in [5.41, 5.74) is 1.23. The fourth-order valence-electron chi connectivity index (χ4n) is 1.03. The smallest absolute Gasteiger partial charge is 0.253 e. The van der Waals surface area contributed by atoms with Crippen LogP contribution in [0.15, 0.2) is 12.1 Å². The average molecular weight is 199 g/mol. The van der Waals surface area contributed by atoms with Gasteiger partial charge in [-0.15, -0.1) is 0 Å². The lowest BCUT2D eigenvalue weighted by molar-refractivity contribution is 0.0955. The summed E-state index contributed by atoms with van der Waals surface area (Å²) in [5, 5.41) is 3.11. The molecule has 1 aromatic rings. The predicted octanol–water partition coefficient (Wildman–Crippen LogP) is 1.79. The van der Waals surface area contributed by atoms with Crippen LogP contribution in [0, 0.1) is 6.92 Å². The second kappa shape index (κ2) is 4.23. The van der Waals surface area contributed by atoms with E-state index in [-0.39, 0.29) is 5.91 Å². The molecule has 13 heavy (non-hydrogen) atoms. The van der Waals surface area contributed by atoms with Crippen LogP contribution >= 0.6 is 11.6 Å². The summed E-state index contributed by atoms with van der Waals surface area (Å²) < 4.78 is 0. The molecule has 0 fully saturated rings. The summed E-state index contributed by atoms with van der Waals surface area (Å²) in [4.78, 5) is 15.4. The molecule has 4 heteroatoms. The van der Waals surface area contributed by atoms with Gasteiger partial charge in [-0.05, 0) is 26.0 Å². The fraction of sp³-hybridized carbons (Fsp3) is 0.333. The van der Waals surface area contributed by atoms with Crippen LogP contribution in [0.4, 0.5) is 0 Å². The van der Waals surface area contributed by atoms with Crippen molar-refractivity contribution in [2.24, 2.45) is 0 Å². The molecule has 0 aliphatic carbocycles. The summed E-state index contributed by atoms with van der Waals surface area (Å²) in [7, 11) is 0. The molecule has 1 rings (SSSR count). The molecule has 1 N–H and O–H groups in total. The second-order valence-electron chi connectivity index (χ2n) is 2.63. The number of amides is 1. The molecule has 0 aliphatic heterocycles. The Morgan fingerprint density at radius 1 is 1.62 bits per heavy atom. The van der Waals surface area contributed by atoms with Crippen LogP contribution < -0.4 is 5.32 Å². The molecule has 3 nitrogen and oxygen atoms in total. The first-order chi connectivity index (χ1) is 6.15. The van der Waals surface area contributed by atoms with Gasteiger partial charge >= 0.3 is 0 Å². The molecular weight excluding hydrogens is 188 g/mol. The van der Waals surface area contributed by atoms with E-state index in [1.807, 2.05) is 6.92 Å². The number of nitrogens with zero attached hydrogens (tertiary/aromatic N) is 1. The van der Waals surface area contributed by atoms with Gasteiger partial charge in [-0.2, -0.15) is 0 Å². The number of hydrogen-bond acceptors (Lipinski definition) is 2. The largest absolute Gasteiger partial charge is 0.352 e. The third-order valence-electron chi connectivity index (χ3n) is 1.63. The van der Waals surface area contributed by atoms with Crippen LogP contribution in [0.3, 0.4) is 0 Å². The van der Waals surface area contributed by atoms with Crippen molar-refractivity contribution in [1.82, 2.24) is 10.3 Å². The van der Waals surface area contributed by atoms with E-state index in [4.69, 9.17) is 11.6 Å². The number of aromatic nitrogens is 1. The minimum atomic E-state index is -0.107. The zero-order chi connectivity index (χ0) is 9.84. The topological polar surface area (TPSA) is 42.0 Å². The van der Waals surface area contributed by atoms with E-state index < -0.39 is 0 Å². The van der Waals surface area contributed by atoms with E-state index in [0.717, 1.165) is 0 Å². The molecule has 0 aliphatic rings. The number of hydrogen-bond donors (Lipinski definition) is 1. The number of nitrogens with one attached hydrogen (secondary N) is 1. The summed E-state index contributed by atoms with van der Waals surface area (Å²) >= 11 is 5.66. The lowest BCUT2D eigenvalue weighted by Crippen LogP contribution is -2.23. The summed E-state index contributed by atoms with van der Waals surface area (Å²) in [5.74, 6) is -0.107. The Bertz CT molecular complexity index is 325. The molecule has 0 saturated carbocycles. The summed E-state index contributed by atoms with van der Waals surface area (Å²) in [6.45, 7) is 4.24. The first kappa shape index (κ1) is 9.99. The average Bonchev–Trinajstić information content (AvgIpc) is 2.04. The highest BCUT2D eigenvalue weighted by Gasteiger charge is 2.08. The van der Waals surface area contributed by atoms with Crippen molar-refractivity contribution < 1.29 is 4.79 Å². The zero-order valence-corrected chi connectivity index (χ0v) is 8.35. The van der Waals surface area contributed by atoms with Crippen LogP contribution in [0.5, 0.6) is 0 Å². The van der Waals surface area contributed by atoms with Crippen LogP contribution in [-0.4, -0.2) is 17.4 Å². The molecule has 0 atom stereocenters. The van der Waals surface area contributed by atoms with Crippen LogP contribution in [-0.2, 0) is 0 Å². The molecule has 0 bridgehead atoms. The normalized spacial score (nSPS) is 9.77. The van der Waals surface area contributed by atoms with E-state index in [2.05, 4.69) is 10.3 Å². The number of halogens is 1. The third-order valence-corrected chi connectivity index (χ3v) is 1.84. The van der Waals surface area contributed by atoms with Crippen molar-refractivity contribution in [3.05, 3.63) is 28.5 Å². The molecule has 0 saturated heterocycles. The maximum Gasteiger partial charge on any atom is 0.253 e. The quantitative estimate of drug-likeness (QED) is 0.737. The van der Waals surface area contributed by atoms with Gasteiger partial charge in [-0.1, -0.05) is 11.6 Å². The highest BCUT2D eigenvalue weighted by atomic mass is 35.5. The number of carbonyl (C=O) groups is 1. The number of carbonyl (C=O) groups excluding carboxylic acids is 1. The standard InChI is InChI=1S/C9H11ClN2O/c1-3-11-9(13)7-4-5-8(10)12-6(7)2/h4-5H,3H2,1-2H3,(H,11,13). The van der Waals surface area contributed by atoms with Crippen LogP contribution in [0.1, 0.15) is 23.0 Å². The number of pyridine rings is 1. The van der Waals surface area contributed by atoms with Crippen LogP contribution in [0.2, 0.25) is 5.15 Å². The Hall–Kier alpha value is -1.09. The van der Waals surface area contributed by atoms with Gasteiger partial charge in [0.1, 0.15) is 5.15 Å². The monoisotopic (exact) mass is 198 g/mol. The highest BCUT2D eigenvalue weighted by Crippen LogP contribution is 2.10. The predicted molar refractivity (Wildman–Crippen MR) is 52.0 cm³/mol. The van der Waals surface area contributed by atoms with Gasteiger partial charge < -0.3 is 5.32 Å². The van der Waals surface area contributed by atoms with Crippen molar-refractivity contribution in [2.75, 3.05) is 6.54 Å². The fourth-order valence-corrected chi connectivity index (χ4v) is 1.22. The van der Waals surface area contributed by atoms with E-state index in [0.29, 0.717) is 23.0 Å². The second-order valence-corrected chi connectivity index (χ2v) is 3.01. The molecule has 70 valence electrons. The van der Waals surface area contributed by atoms with E-state index >= 15 is 0 Å². The lowest BCUT2D eigenvalue weighted by Gasteiger charge is -2.04. The molecule has 0 radical (unpaired) electrons. The lowest BCUT2D eigenvalue weighted by atomic mass is 10.2. The molecule has 0 spiro atoms. The van der Waals surface area contributed by atoms with Crippen molar-refractivity contribution in [3.63, 3.8) is 0 Å². The maximum absolute atomic E-state index is 11.4. The Morgan fingerprint density at radius 3 is 2.85 bits per heavy atom. The molecule has 1 aromatic heterocycles. The van der Waals surface area contributed by atoms with Crippen molar-refractivity contribution in [2.45, 2.75) is 13.8 Å². The van der Waals surface area contributed by atoms with Gasteiger partial charge in [0.15, 0.2) is 0 Å². The molecule has 0 aromatic carbocycles. The summed E-state index contributed by atoms with van der Waals surface area (Å²) in [6.07, 6.45) is 0. The Balaban J connectivity index is 2.95. The van der Waals surface area contributed by atoms with E-state index in [1.54, 1.807) is 19.1 Å². The number of rotatable bonds is 2. The van der Waals surface area contributed by atoms with Gasteiger partial charge in [0, 0.05) is 6.54 Å². The van der Waals surface area contributed by atoms with Gasteiger partial charge in [0.2, 0.25) is 0 Å². The van der Waals surface area contributed by atoms with Crippen molar-refractivity contribution in [3.8, 4) is 0 Å².